The summed E-state index contributed by atoms with van der Waals surface area (Å²) in [5.74, 6) is 0.584. The van der Waals surface area contributed by atoms with Gasteiger partial charge in [-0.25, -0.2) is 0 Å². The van der Waals surface area contributed by atoms with Crippen LogP contribution in [-0.4, -0.2) is 13.0 Å². The number of methoxy groups -OCH3 is 1. The minimum Gasteiger partial charge on any atom is -0.497 e. The summed E-state index contributed by atoms with van der Waals surface area (Å²) in [6.07, 6.45) is 0. The maximum atomic E-state index is 12.2. The number of nitrogens with two attached hydrogens (primary N) is 1. The van der Waals surface area contributed by atoms with Gasteiger partial charge in [-0.1, -0.05) is 24.3 Å². The number of nitrogen functional groups attached to an aromatic ring is 1. The number of hydrogen-bond donors (Lipinski definition) is 2. The first-order valence-electron chi connectivity index (χ1n) is 6.41. The molecular formula is C16H18N2O2. The molecule has 0 aliphatic rings. The van der Waals surface area contributed by atoms with Crippen molar-refractivity contribution in [3.05, 3.63) is 59.7 Å². The SMILES string of the molecule is COc1cccc(C(C)NC(=O)c2ccccc2N)c1. The molecule has 0 aliphatic heterocycles. The zero-order valence-electron chi connectivity index (χ0n) is 11.6. The van der Waals surface area contributed by atoms with Crippen molar-refractivity contribution >= 4 is 11.6 Å². The molecule has 4 heteroatoms. The second-order valence-electron chi connectivity index (χ2n) is 4.56. The molecule has 104 valence electrons. The maximum Gasteiger partial charge on any atom is 0.253 e. The Morgan fingerprint density at radius 1 is 1.20 bits per heavy atom. The van der Waals surface area contributed by atoms with Crippen molar-refractivity contribution in [1.82, 2.24) is 5.32 Å². The van der Waals surface area contributed by atoms with Crippen molar-refractivity contribution in [1.29, 1.82) is 0 Å². The number of amides is 1. The van der Waals surface area contributed by atoms with E-state index in [1.807, 2.05) is 31.2 Å². The van der Waals surface area contributed by atoms with Crippen molar-refractivity contribution < 1.29 is 9.53 Å². The fraction of sp³-hybridized carbons (Fsp3) is 0.188. The van der Waals surface area contributed by atoms with E-state index >= 15 is 0 Å². The first-order chi connectivity index (χ1) is 9.61. The van der Waals surface area contributed by atoms with E-state index in [4.69, 9.17) is 10.5 Å². The van der Waals surface area contributed by atoms with Crippen LogP contribution in [0.15, 0.2) is 48.5 Å². The van der Waals surface area contributed by atoms with Crippen LogP contribution in [0.1, 0.15) is 28.9 Å². The quantitative estimate of drug-likeness (QED) is 0.840. The number of rotatable bonds is 4. The van der Waals surface area contributed by atoms with Gasteiger partial charge in [0.05, 0.1) is 18.7 Å². The van der Waals surface area contributed by atoms with Crippen LogP contribution in [0.25, 0.3) is 0 Å². The first-order valence-corrected chi connectivity index (χ1v) is 6.41. The van der Waals surface area contributed by atoms with E-state index < -0.39 is 0 Å². The lowest BCUT2D eigenvalue weighted by Crippen LogP contribution is -2.27. The third-order valence-electron chi connectivity index (χ3n) is 3.15. The van der Waals surface area contributed by atoms with Crippen molar-refractivity contribution in [3.8, 4) is 5.75 Å². The molecule has 0 radical (unpaired) electrons. The molecule has 0 aliphatic carbocycles. The molecule has 2 rings (SSSR count). The van der Waals surface area contributed by atoms with Crippen molar-refractivity contribution in [2.24, 2.45) is 0 Å². The van der Waals surface area contributed by atoms with Crippen LogP contribution in [0.3, 0.4) is 0 Å². The van der Waals surface area contributed by atoms with Gasteiger partial charge in [-0.3, -0.25) is 4.79 Å². The molecule has 0 bridgehead atoms. The van der Waals surface area contributed by atoms with E-state index in [-0.39, 0.29) is 11.9 Å². The molecule has 1 unspecified atom stereocenters. The smallest absolute Gasteiger partial charge is 0.253 e. The number of nitrogens with one attached hydrogen (secondary N) is 1. The summed E-state index contributed by atoms with van der Waals surface area (Å²) >= 11 is 0. The summed E-state index contributed by atoms with van der Waals surface area (Å²) in [6.45, 7) is 1.92. The van der Waals surface area contributed by atoms with Crippen LogP contribution in [0.2, 0.25) is 0 Å². The second kappa shape index (κ2) is 6.10. The molecule has 0 aromatic heterocycles. The van der Waals surface area contributed by atoms with Crippen LogP contribution in [0.5, 0.6) is 5.75 Å². The zero-order chi connectivity index (χ0) is 14.5. The Bertz CT molecular complexity index is 611. The van der Waals surface area contributed by atoms with Crippen molar-refractivity contribution in [3.63, 3.8) is 0 Å². The Morgan fingerprint density at radius 3 is 2.65 bits per heavy atom. The van der Waals surface area contributed by atoms with Crippen molar-refractivity contribution in [2.75, 3.05) is 12.8 Å². The Kier molecular flexibility index (Phi) is 4.25. The molecule has 3 N–H and O–H groups in total. The molecular weight excluding hydrogens is 252 g/mol. The van der Waals surface area contributed by atoms with Gasteiger partial charge in [-0.05, 0) is 36.8 Å². The average molecular weight is 270 g/mol. The molecule has 0 heterocycles. The summed E-state index contributed by atoms with van der Waals surface area (Å²) in [4.78, 5) is 12.2. The Labute approximate surface area is 118 Å². The number of ether oxygens (including phenoxy) is 1. The van der Waals surface area contributed by atoms with E-state index in [0.29, 0.717) is 11.3 Å². The Balaban J connectivity index is 2.13. The largest absolute Gasteiger partial charge is 0.497 e. The van der Waals surface area contributed by atoms with E-state index in [1.165, 1.54) is 0 Å². The molecule has 2 aromatic carbocycles. The van der Waals surface area contributed by atoms with Gasteiger partial charge in [-0.2, -0.15) is 0 Å². The molecule has 0 saturated heterocycles. The predicted molar refractivity (Wildman–Crippen MR) is 79.7 cm³/mol. The van der Waals surface area contributed by atoms with Crippen LogP contribution in [0.4, 0.5) is 5.69 Å². The van der Waals surface area contributed by atoms with Gasteiger partial charge in [0.25, 0.3) is 5.91 Å². The molecule has 0 spiro atoms. The first kappa shape index (κ1) is 13.9. The summed E-state index contributed by atoms with van der Waals surface area (Å²) in [6, 6.07) is 14.5. The van der Waals surface area contributed by atoms with Gasteiger partial charge in [-0.15, -0.1) is 0 Å². The highest BCUT2D eigenvalue weighted by Crippen LogP contribution is 2.20. The minimum atomic E-state index is -0.182. The van der Waals surface area contributed by atoms with E-state index in [2.05, 4.69) is 5.32 Å². The van der Waals surface area contributed by atoms with Gasteiger partial charge in [0.2, 0.25) is 0 Å². The summed E-state index contributed by atoms with van der Waals surface area (Å²) in [5.41, 5.74) is 7.74. The van der Waals surface area contributed by atoms with Crippen LogP contribution < -0.4 is 15.8 Å². The van der Waals surface area contributed by atoms with Crippen LogP contribution >= 0.6 is 0 Å². The van der Waals surface area contributed by atoms with Crippen LogP contribution in [0, 0.1) is 0 Å². The second-order valence-corrected chi connectivity index (χ2v) is 4.56. The number of carbonyl (C=O) groups excluding carboxylic acids is 1. The van der Waals surface area contributed by atoms with Gasteiger partial charge in [0.15, 0.2) is 0 Å². The molecule has 0 saturated carbocycles. The number of para-hydroxylation sites is 1. The zero-order valence-corrected chi connectivity index (χ0v) is 11.6. The van der Waals surface area contributed by atoms with E-state index in [1.54, 1.807) is 31.4 Å². The van der Waals surface area contributed by atoms with Crippen molar-refractivity contribution in [2.45, 2.75) is 13.0 Å². The minimum absolute atomic E-state index is 0.128. The highest BCUT2D eigenvalue weighted by Gasteiger charge is 2.13. The van der Waals surface area contributed by atoms with Crippen LogP contribution in [-0.2, 0) is 0 Å². The average Bonchev–Trinajstić information content (AvgIpc) is 2.47. The molecule has 4 nitrogen and oxygen atoms in total. The summed E-state index contributed by atoms with van der Waals surface area (Å²) in [5, 5.41) is 2.93. The molecule has 0 fully saturated rings. The number of carbonyl (C=O) groups is 1. The lowest BCUT2D eigenvalue weighted by molar-refractivity contribution is 0.0940. The van der Waals surface area contributed by atoms with Gasteiger partial charge in [0, 0.05) is 5.69 Å². The fourth-order valence-corrected chi connectivity index (χ4v) is 1.97. The van der Waals surface area contributed by atoms with E-state index in [0.717, 1.165) is 11.3 Å². The number of benzene rings is 2. The molecule has 1 atom stereocenters. The lowest BCUT2D eigenvalue weighted by Gasteiger charge is -2.16. The standard InChI is InChI=1S/C16H18N2O2/c1-11(12-6-5-7-13(10-12)20-2)18-16(19)14-8-3-4-9-15(14)17/h3-11H,17H2,1-2H3,(H,18,19). The normalized spacial score (nSPS) is 11.7. The fourth-order valence-electron chi connectivity index (χ4n) is 1.97. The topological polar surface area (TPSA) is 64.3 Å². The lowest BCUT2D eigenvalue weighted by atomic mass is 10.1. The van der Waals surface area contributed by atoms with Gasteiger partial charge in [0.1, 0.15) is 5.75 Å². The highest BCUT2D eigenvalue weighted by atomic mass is 16.5. The Hall–Kier alpha value is -2.49. The third kappa shape index (κ3) is 3.09. The van der Waals surface area contributed by atoms with Gasteiger partial charge < -0.3 is 15.8 Å². The third-order valence-corrected chi connectivity index (χ3v) is 3.15. The summed E-state index contributed by atoms with van der Waals surface area (Å²) in [7, 11) is 1.62. The number of anilines is 1. The molecule has 20 heavy (non-hydrogen) atoms. The molecule has 2 aromatic rings. The highest BCUT2D eigenvalue weighted by molar-refractivity contribution is 5.99. The number of hydrogen-bond acceptors (Lipinski definition) is 3. The monoisotopic (exact) mass is 270 g/mol. The maximum absolute atomic E-state index is 12.2. The van der Waals surface area contributed by atoms with Gasteiger partial charge >= 0.3 is 0 Å². The summed E-state index contributed by atoms with van der Waals surface area (Å²) < 4.78 is 5.18. The predicted octanol–water partition coefficient (Wildman–Crippen LogP) is 2.77. The Morgan fingerprint density at radius 2 is 1.95 bits per heavy atom. The van der Waals surface area contributed by atoms with E-state index in [9.17, 15) is 4.79 Å². The molecule has 1 amide bonds.